The fourth-order valence-electron chi connectivity index (χ4n) is 3.21. The smallest absolute Gasteiger partial charge is 0.310 e. The number of nitrogens with one attached hydrogen (secondary N) is 2. The van der Waals surface area contributed by atoms with Crippen molar-refractivity contribution in [3.8, 4) is 0 Å². The molecule has 0 aromatic carbocycles. The number of hydrogen-bond donors (Lipinski definition) is 2. The van der Waals surface area contributed by atoms with E-state index in [1.54, 1.807) is 0 Å². The van der Waals surface area contributed by atoms with E-state index >= 15 is 0 Å². The first-order valence-electron chi connectivity index (χ1n) is 8.13. The van der Waals surface area contributed by atoms with E-state index in [0.717, 1.165) is 50.6 Å². The number of esters is 1. The summed E-state index contributed by atoms with van der Waals surface area (Å²) in [5.74, 6) is -0.148. The Hall–Kier alpha value is -1.85. The number of carbonyl (C=O) groups excluding carboxylic acids is 2. The minimum absolute atomic E-state index is 0.163. The van der Waals surface area contributed by atoms with Crippen LogP contribution in [0.1, 0.15) is 67.0 Å². The van der Waals surface area contributed by atoms with E-state index < -0.39 is 0 Å². The van der Waals surface area contributed by atoms with Crippen molar-refractivity contribution in [3.05, 3.63) is 17.5 Å². The Labute approximate surface area is 130 Å². The first-order valence-corrected chi connectivity index (χ1v) is 8.13. The largest absolute Gasteiger partial charge is 0.469 e. The molecule has 0 radical (unpaired) electrons. The Kier molecular flexibility index (Phi) is 4.45. The molecule has 1 aromatic rings. The summed E-state index contributed by atoms with van der Waals surface area (Å²) in [5, 5.41) is 10.0. The molecule has 22 heavy (non-hydrogen) atoms. The number of amides is 1. The molecule has 0 saturated heterocycles. The second kappa shape index (κ2) is 6.50. The Morgan fingerprint density at radius 1 is 1.23 bits per heavy atom. The maximum absolute atomic E-state index is 12.4. The van der Waals surface area contributed by atoms with Crippen LogP contribution in [0, 0.1) is 5.92 Å². The van der Waals surface area contributed by atoms with Crippen molar-refractivity contribution in [2.75, 3.05) is 7.11 Å². The van der Waals surface area contributed by atoms with Crippen LogP contribution in [-0.2, 0) is 9.53 Å². The van der Waals surface area contributed by atoms with Crippen LogP contribution in [0.5, 0.6) is 0 Å². The standard InChI is InChI=1S/C16H23N3O3/c1-22-16(21)11-5-3-2-4-6-12(11)17-15(20)14-9-13(18-19-14)10-7-8-10/h9-12H,2-8H2,1H3,(H,17,20)(H,18,19)/t11-,12+/m1/s1. The van der Waals surface area contributed by atoms with Crippen LogP contribution in [0.15, 0.2) is 6.07 Å². The van der Waals surface area contributed by atoms with Crippen LogP contribution in [0.2, 0.25) is 0 Å². The van der Waals surface area contributed by atoms with Crippen LogP contribution in [0.4, 0.5) is 0 Å². The quantitative estimate of drug-likeness (QED) is 0.659. The van der Waals surface area contributed by atoms with Crippen molar-refractivity contribution in [2.45, 2.75) is 56.9 Å². The van der Waals surface area contributed by atoms with Crippen LogP contribution >= 0.6 is 0 Å². The third-order valence-corrected chi connectivity index (χ3v) is 4.68. The molecule has 2 fully saturated rings. The summed E-state index contributed by atoms with van der Waals surface area (Å²) < 4.78 is 4.89. The molecular weight excluding hydrogens is 282 g/mol. The van der Waals surface area contributed by atoms with E-state index in [1.165, 1.54) is 7.11 Å². The third kappa shape index (κ3) is 3.31. The zero-order valence-corrected chi connectivity index (χ0v) is 12.9. The number of methoxy groups -OCH3 is 1. The minimum Gasteiger partial charge on any atom is -0.469 e. The maximum atomic E-state index is 12.4. The molecule has 0 spiro atoms. The fourth-order valence-corrected chi connectivity index (χ4v) is 3.21. The summed E-state index contributed by atoms with van der Waals surface area (Å²) in [6.45, 7) is 0. The second-order valence-corrected chi connectivity index (χ2v) is 6.33. The number of ether oxygens (including phenoxy) is 1. The van der Waals surface area contributed by atoms with Crippen molar-refractivity contribution in [2.24, 2.45) is 5.92 Å². The average Bonchev–Trinajstić information content (AvgIpc) is 3.30. The molecule has 2 saturated carbocycles. The summed E-state index contributed by atoms with van der Waals surface area (Å²) in [4.78, 5) is 24.3. The van der Waals surface area contributed by atoms with Gasteiger partial charge in [-0.25, -0.2) is 0 Å². The number of aromatic amines is 1. The monoisotopic (exact) mass is 305 g/mol. The lowest BCUT2D eigenvalue weighted by Gasteiger charge is -2.23. The van der Waals surface area contributed by atoms with E-state index in [2.05, 4.69) is 15.5 Å². The predicted molar refractivity (Wildman–Crippen MR) is 80.4 cm³/mol. The van der Waals surface area contributed by atoms with Crippen molar-refractivity contribution >= 4 is 11.9 Å². The number of aromatic nitrogens is 2. The van der Waals surface area contributed by atoms with Crippen molar-refractivity contribution in [1.82, 2.24) is 15.5 Å². The van der Waals surface area contributed by atoms with E-state index in [9.17, 15) is 9.59 Å². The lowest BCUT2D eigenvalue weighted by molar-refractivity contribution is -0.146. The lowest BCUT2D eigenvalue weighted by atomic mass is 9.94. The highest BCUT2D eigenvalue weighted by Crippen LogP contribution is 2.39. The second-order valence-electron chi connectivity index (χ2n) is 6.33. The number of H-pyrrole nitrogens is 1. The Balaban J connectivity index is 1.67. The van der Waals surface area contributed by atoms with Crippen molar-refractivity contribution in [3.63, 3.8) is 0 Å². The average molecular weight is 305 g/mol. The highest BCUT2D eigenvalue weighted by atomic mass is 16.5. The number of nitrogens with zero attached hydrogens (tertiary/aromatic N) is 1. The summed E-state index contributed by atoms with van der Waals surface area (Å²) in [5.41, 5.74) is 1.45. The molecule has 6 nitrogen and oxygen atoms in total. The van der Waals surface area contributed by atoms with Gasteiger partial charge >= 0.3 is 5.97 Å². The van der Waals surface area contributed by atoms with Gasteiger partial charge in [0, 0.05) is 17.7 Å². The Morgan fingerprint density at radius 3 is 2.73 bits per heavy atom. The van der Waals surface area contributed by atoms with E-state index in [4.69, 9.17) is 4.74 Å². The normalized spacial score (nSPS) is 25.3. The van der Waals surface area contributed by atoms with E-state index in [-0.39, 0.29) is 23.8 Å². The molecule has 0 aliphatic heterocycles. The van der Waals surface area contributed by atoms with Crippen molar-refractivity contribution < 1.29 is 14.3 Å². The summed E-state index contributed by atoms with van der Waals surface area (Å²) in [7, 11) is 1.40. The molecule has 2 N–H and O–H groups in total. The molecule has 120 valence electrons. The van der Waals surface area contributed by atoms with Crippen LogP contribution in [0.3, 0.4) is 0 Å². The molecule has 3 rings (SSSR count). The van der Waals surface area contributed by atoms with Crippen LogP contribution < -0.4 is 5.32 Å². The molecule has 2 aliphatic carbocycles. The van der Waals surface area contributed by atoms with Gasteiger partial charge in [-0.2, -0.15) is 5.10 Å². The van der Waals surface area contributed by atoms with Crippen LogP contribution in [0.25, 0.3) is 0 Å². The van der Waals surface area contributed by atoms with Crippen molar-refractivity contribution in [1.29, 1.82) is 0 Å². The fraction of sp³-hybridized carbons (Fsp3) is 0.688. The first-order chi connectivity index (χ1) is 10.7. The van der Waals surface area contributed by atoms with Gasteiger partial charge < -0.3 is 10.1 Å². The van der Waals surface area contributed by atoms with Gasteiger partial charge in [0.05, 0.1) is 13.0 Å². The summed E-state index contributed by atoms with van der Waals surface area (Å²) in [6, 6.07) is 1.67. The topological polar surface area (TPSA) is 84.1 Å². The van der Waals surface area contributed by atoms with E-state index in [1.807, 2.05) is 6.07 Å². The zero-order chi connectivity index (χ0) is 15.5. The Morgan fingerprint density at radius 2 is 2.00 bits per heavy atom. The maximum Gasteiger partial charge on any atom is 0.310 e. The number of carbonyl (C=O) groups is 2. The predicted octanol–water partition coefficient (Wildman–Crippen LogP) is 2.14. The minimum atomic E-state index is -0.252. The molecule has 0 bridgehead atoms. The molecule has 0 unspecified atom stereocenters. The number of hydrogen-bond acceptors (Lipinski definition) is 4. The highest BCUT2D eigenvalue weighted by molar-refractivity contribution is 5.93. The van der Waals surface area contributed by atoms with Gasteiger partial charge in [0.2, 0.25) is 0 Å². The first kappa shape index (κ1) is 15.1. The van der Waals surface area contributed by atoms with Gasteiger partial charge in [0.1, 0.15) is 5.69 Å². The molecule has 2 atom stereocenters. The van der Waals surface area contributed by atoms with Gasteiger partial charge in [-0.05, 0) is 31.7 Å². The van der Waals surface area contributed by atoms with Gasteiger partial charge in [-0.1, -0.05) is 19.3 Å². The lowest BCUT2D eigenvalue weighted by Crippen LogP contribution is -2.43. The van der Waals surface area contributed by atoms with Crippen LogP contribution in [-0.4, -0.2) is 35.2 Å². The zero-order valence-electron chi connectivity index (χ0n) is 12.9. The SMILES string of the molecule is COC(=O)[C@@H]1CCCCC[C@@H]1NC(=O)c1cc(C2CC2)[nH]n1. The molecule has 2 aliphatic rings. The van der Waals surface area contributed by atoms with Gasteiger partial charge in [0.25, 0.3) is 5.91 Å². The van der Waals surface area contributed by atoms with Gasteiger partial charge in [0.15, 0.2) is 0 Å². The summed E-state index contributed by atoms with van der Waals surface area (Å²) >= 11 is 0. The van der Waals surface area contributed by atoms with Gasteiger partial charge in [-0.3, -0.25) is 14.7 Å². The summed E-state index contributed by atoms with van der Waals surface area (Å²) in [6.07, 6.45) is 7.02. The molecule has 1 amide bonds. The molecule has 1 heterocycles. The van der Waals surface area contributed by atoms with Gasteiger partial charge in [-0.15, -0.1) is 0 Å². The molecular formula is C16H23N3O3. The highest BCUT2D eigenvalue weighted by Gasteiger charge is 2.32. The molecule has 6 heteroatoms. The van der Waals surface area contributed by atoms with E-state index in [0.29, 0.717) is 11.6 Å². The Bertz CT molecular complexity index is 551. The number of rotatable bonds is 4. The molecule has 1 aromatic heterocycles. The third-order valence-electron chi connectivity index (χ3n) is 4.68.